The Morgan fingerprint density at radius 1 is 1.12 bits per heavy atom. The first-order chi connectivity index (χ1) is 15.6. The van der Waals surface area contributed by atoms with Gasteiger partial charge >= 0.3 is 6.18 Å². The summed E-state index contributed by atoms with van der Waals surface area (Å²) in [5, 5.41) is 6.98. The molecule has 0 spiro atoms. The first-order valence-electron chi connectivity index (χ1n) is 10.3. The highest BCUT2D eigenvalue weighted by atomic mass is 35.5. The van der Waals surface area contributed by atoms with E-state index in [2.05, 4.69) is 10.4 Å². The van der Waals surface area contributed by atoms with Crippen molar-refractivity contribution in [1.82, 2.24) is 14.7 Å². The second-order valence-corrected chi connectivity index (χ2v) is 8.17. The highest BCUT2D eigenvalue weighted by Gasteiger charge is 2.35. The number of carbonyl (C=O) groups excluding carboxylic acids is 2. The van der Waals surface area contributed by atoms with Crippen LogP contribution in [0.2, 0.25) is 5.02 Å². The summed E-state index contributed by atoms with van der Waals surface area (Å²) in [6.45, 7) is 2.08. The van der Waals surface area contributed by atoms with Gasteiger partial charge in [-0.1, -0.05) is 29.8 Å². The van der Waals surface area contributed by atoms with Crippen molar-refractivity contribution >= 4 is 29.2 Å². The smallest absolute Gasteiger partial charge is 0.327 e. The van der Waals surface area contributed by atoms with E-state index in [0.717, 1.165) is 18.2 Å². The largest absolute Gasteiger partial charge is 0.416 e. The minimum Gasteiger partial charge on any atom is -0.327 e. The van der Waals surface area contributed by atoms with Crippen LogP contribution in [0, 0.1) is 6.92 Å². The number of halogens is 4. The van der Waals surface area contributed by atoms with E-state index in [4.69, 9.17) is 11.6 Å². The number of aromatic nitrogens is 2. The van der Waals surface area contributed by atoms with Gasteiger partial charge in [0.2, 0.25) is 5.91 Å². The fourth-order valence-electron chi connectivity index (χ4n) is 3.86. The average molecular weight is 477 g/mol. The number of hydrogen-bond donors (Lipinski definition) is 1. The number of aryl methyl sites for hydroxylation is 1. The molecule has 33 heavy (non-hydrogen) atoms. The monoisotopic (exact) mass is 476 g/mol. The van der Waals surface area contributed by atoms with Crippen LogP contribution in [0.25, 0.3) is 5.69 Å². The molecule has 1 N–H and O–H groups in total. The van der Waals surface area contributed by atoms with Gasteiger partial charge in [0.05, 0.1) is 22.0 Å². The molecule has 1 aliphatic rings. The summed E-state index contributed by atoms with van der Waals surface area (Å²) >= 11 is 6.16. The molecule has 1 aromatic heterocycles. The number of likely N-dealkylation sites (tertiary alicyclic amines) is 1. The third-order valence-electron chi connectivity index (χ3n) is 5.42. The normalized spacial score (nSPS) is 16.2. The second-order valence-electron chi connectivity index (χ2n) is 7.76. The van der Waals surface area contributed by atoms with Gasteiger partial charge in [-0.25, -0.2) is 4.68 Å². The average Bonchev–Trinajstić information content (AvgIpc) is 3.40. The molecule has 1 atom stereocenters. The Hall–Kier alpha value is -3.33. The number of hydrogen-bond acceptors (Lipinski definition) is 3. The minimum atomic E-state index is -4.56. The molecule has 6 nitrogen and oxygen atoms in total. The standard InChI is InChI=1S/C23H20ClF3N4O2/c1-14-12-20(31(29-14)19-13-16(23(25,26)27)9-10-17(19)24)28-21(32)18-8-5-11-30(18)22(33)15-6-3-2-4-7-15/h2-4,6-7,9-10,12-13,18H,5,8,11H2,1H3,(H,28,32). The molecule has 172 valence electrons. The van der Waals surface area contributed by atoms with E-state index in [-0.39, 0.29) is 22.4 Å². The summed E-state index contributed by atoms with van der Waals surface area (Å²) in [4.78, 5) is 27.5. The van der Waals surface area contributed by atoms with Gasteiger partial charge in [-0.3, -0.25) is 9.59 Å². The van der Waals surface area contributed by atoms with Crippen molar-refractivity contribution in [3.63, 3.8) is 0 Å². The van der Waals surface area contributed by atoms with Crippen molar-refractivity contribution in [3.05, 3.63) is 76.4 Å². The highest BCUT2D eigenvalue weighted by molar-refractivity contribution is 6.32. The van der Waals surface area contributed by atoms with Crippen molar-refractivity contribution < 1.29 is 22.8 Å². The number of carbonyl (C=O) groups is 2. The number of alkyl halides is 3. The fourth-order valence-corrected chi connectivity index (χ4v) is 4.06. The lowest BCUT2D eigenvalue weighted by molar-refractivity contribution is -0.137. The van der Waals surface area contributed by atoms with Crippen LogP contribution in [-0.2, 0) is 11.0 Å². The van der Waals surface area contributed by atoms with E-state index < -0.39 is 23.7 Å². The molecule has 4 rings (SSSR count). The number of nitrogens with zero attached hydrogens (tertiary/aromatic N) is 3. The summed E-state index contributed by atoms with van der Waals surface area (Å²) in [5.74, 6) is -0.530. The van der Waals surface area contributed by atoms with Crippen molar-refractivity contribution in [2.24, 2.45) is 0 Å². The molecule has 0 bridgehead atoms. The maximum absolute atomic E-state index is 13.2. The fraction of sp³-hybridized carbons (Fsp3) is 0.261. The number of amides is 2. The molecule has 10 heteroatoms. The van der Waals surface area contributed by atoms with Crippen molar-refractivity contribution in [2.45, 2.75) is 32.0 Å². The maximum Gasteiger partial charge on any atom is 0.416 e. The molecule has 0 saturated carbocycles. The molecule has 0 radical (unpaired) electrons. The third-order valence-corrected chi connectivity index (χ3v) is 5.74. The van der Waals surface area contributed by atoms with Gasteiger partial charge in [0.1, 0.15) is 11.9 Å². The van der Waals surface area contributed by atoms with Gasteiger partial charge in [-0.2, -0.15) is 18.3 Å². The van der Waals surface area contributed by atoms with Crippen molar-refractivity contribution in [3.8, 4) is 5.69 Å². The molecule has 1 saturated heterocycles. The Morgan fingerprint density at radius 3 is 2.55 bits per heavy atom. The van der Waals surface area contributed by atoms with Crippen LogP contribution in [0.15, 0.2) is 54.6 Å². The maximum atomic E-state index is 13.2. The summed E-state index contributed by atoms with van der Waals surface area (Å²) in [5.41, 5.74) is 0.0533. The lowest BCUT2D eigenvalue weighted by Gasteiger charge is -2.24. The van der Waals surface area contributed by atoms with E-state index in [1.165, 1.54) is 15.6 Å². The van der Waals surface area contributed by atoms with E-state index in [1.54, 1.807) is 37.3 Å². The van der Waals surface area contributed by atoms with E-state index >= 15 is 0 Å². The van der Waals surface area contributed by atoms with Crippen LogP contribution in [0.1, 0.15) is 34.5 Å². The number of benzene rings is 2. The third kappa shape index (κ3) is 4.73. The number of rotatable bonds is 4. The Morgan fingerprint density at radius 2 is 1.85 bits per heavy atom. The SMILES string of the molecule is Cc1cc(NC(=O)C2CCCN2C(=O)c2ccccc2)n(-c2cc(C(F)(F)F)ccc2Cl)n1. The molecule has 3 aromatic rings. The second kappa shape index (κ2) is 8.90. The first kappa shape index (κ1) is 22.8. The summed E-state index contributed by atoms with van der Waals surface area (Å²) in [6.07, 6.45) is -3.43. The predicted molar refractivity (Wildman–Crippen MR) is 117 cm³/mol. The van der Waals surface area contributed by atoms with Crippen LogP contribution in [0.3, 0.4) is 0 Å². The van der Waals surface area contributed by atoms with Crippen LogP contribution in [0.4, 0.5) is 19.0 Å². The van der Waals surface area contributed by atoms with Crippen LogP contribution in [0.5, 0.6) is 0 Å². The van der Waals surface area contributed by atoms with Crippen LogP contribution in [-0.4, -0.2) is 39.1 Å². The zero-order valence-electron chi connectivity index (χ0n) is 17.6. The van der Waals surface area contributed by atoms with Crippen molar-refractivity contribution in [2.75, 3.05) is 11.9 Å². The summed E-state index contributed by atoms with van der Waals surface area (Å²) in [7, 11) is 0. The number of nitrogens with one attached hydrogen (secondary N) is 1. The van der Waals surface area contributed by atoms with Crippen molar-refractivity contribution in [1.29, 1.82) is 0 Å². The molecule has 1 unspecified atom stereocenters. The van der Waals surface area contributed by atoms with Crippen LogP contribution >= 0.6 is 11.6 Å². The zero-order chi connectivity index (χ0) is 23.8. The minimum absolute atomic E-state index is 0.0152. The molecule has 2 amide bonds. The molecule has 1 fully saturated rings. The number of anilines is 1. The predicted octanol–water partition coefficient (Wildman–Crippen LogP) is 5.10. The zero-order valence-corrected chi connectivity index (χ0v) is 18.3. The van der Waals surface area contributed by atoms with Gasteiger partial charge < -0.3 is 10.2 Å². The molecule has 2 aromatic carbocycles. The van der Waals surface area contributed by atoms with Gasteiger partial charge in [0.15, 0.2) is 0 Å². The first-order valence-corrected chi connectivity index (χ1v) is 10.6. The van der Waals surface area contributed by atoms with Gasteiger partial charge in [-0.05, 0) is 50.1 Å². The molecule has 1 aliphatic heterocycles. The Bertz CT molecular complexity index is 1190. The quantitative estimate of drug-likeness (QED) is 0.570. The molecule has 0 aliphatic carbocycles. The van der Waals surface area contributed by atoms with Gasteiger partial charge in [0.25, 0.3) is 5.91 Å². The lowest BCUT2D eigenvalue weighted by atomic mass is 10.1. The topological polar surface area (TPSA) is 67.2 Å². The van der Waals surface area contributed by atoms with Gasteiger partial charge in [-0.15, -0.1) is 0 Å². The van der Waals surface area contributed by atoms with E-state index in [1.807, 2.05) is 0 Å². The van der Waals surface area contributed by atoms with Gasteiger partial charge in [0, 0.05) is 18.2 Å². The highest BCUT2D eigenvalue weighted by Crippen LogP contribution is 2.34. The van der Waals surface area contributed by atoms with E-state index in [9.17, 15) is 22.8 Å². The Balaban J connectivity index is 1.61. The molecular formula is C23H20ClF3N4O2. The lowest BCUT2D eigenvalue weighted by Crippen LogP contribution is -2.43. The Kier molecular flexibility index (Phi) is 6.16. The molecular weight excluding hydrogens is 457 g/mol. The summed E-state index contributed by atoms with van der Waals surface area (Å²) in [6, 6.07) is 12.4. The Labute approximate surface area is 192 Å². The molecule has 2 heterocycles. The van der Waals surface area contributed by atoms with Crippen LogP contribution < -0.4 is 5.32 Å². The van der Waals surface area contributed by atoms with E-state index in [0.29, 0.717) is 30.6 Å². The summed E-state index contributed by atoms with van der Waals surface area (Å²) < 4.78 is 40.8.